The third-order valence-electron chi connectivity index (χ3n) is 4.60. The van der Waals surface area contributed by atoms with Crippen LogP contribution in [0.4, 0.5) is 0 Å². The van der Waals surface area contributed by atoms with Gasteiger partial charge in [0.15, 0.2) is 5.96 Å². The fraction of sp³-hybridized carbons (Fsp3) is 0.400. The van der Waals surface area contributed by atoms with E-state index >= 15 is 0 Å². The molecule has 152 valence electrons. The number of nitrogens with zero attached hydrogens (tertiary/aromatic N) is 5. The molecule has 0 amide bonds. The van der Waals surface area contributed by atoms with Gasteiger partial charge in [0.05, 0.1) is 29.1 Å². The molecule has 0 atom stereocenters. The van der Waals surface area contributed by atoms with Gasteiger partial charge in [-0.3, -0.25) is 4.99 Å². The molecule has 0 aliphatic carbocycles. The monoisotopic (exact) mass is 514 g/mol. The lowest BCUT2D eigenvalue weighted by molar-refractivity contribution is 0.461. The summed E-state index contributed by atoms with van der Waals surface area (Å²) < 4.78 is 4.27. The van der Waals surface area contributed by atoms with Crippen molar-refractivity contribution in [3.8, 4) is 0 Å². The molecule has 3 rings (SSSR count). The van der Waals surface area contributed by atoms with E-state index in [0.29, 0.717) is 6.54 Å². The number of imidazole rings is 1. The topological polar surface area (TPSA) is 50.4 Å². The van der Waals surface area contributed by atoms with Crippen LogP contribution in [0.3, 0.4) is 0 Å². The quantitative estimate of drug-likeness (QED) is 0.307. The number of hydrogen-bond acceptors (Lipinski definition) is 2. The summed E-state index contributed by atoms with van der Waals surface area (Å²) in [7, 11) is 4.05. The highest BCUT2D eigenvalue weighted by molar-refractivity contribution is 14.0. The largest absolute Gasteiger partial charge is 0.357 e. The Hall–Kier alpha value is -1.74. The van der Waals surface area contributed by atoms with Crippen molar-refractivity contribution in [3.63, 3.8) is 0 Å². The van der Waals surface area contributed by atoms with Gasteiger partial charge in [-0.2, -0.15) is 0 Å². The number of aryl methyl sites for hydroxylation is 2. The molecular formula is C20H28ClIN6. The maximum atomic E-state index is 6.10. The maximum absolute atomic E-state index is 6.10. The first-order valence-corrected chi connectivity index (χ1v) is 9.59. The molecule has 8 heteroatoms. The van der Waals surface area contributed by atoms with Gasteiger partial charge in [0.25, 0.3) is 0 Å². The first-order chi connectivity index (χ1) is 13.0. The average molecular weight is 515 g/mol. The smallest absolute Gasteiger partial charge is 0.194 e. The summed E-state index contributed by atoms with van der Waals surface area (Å²) in [6.07, 6.45) is 1.92. The standard InChI is InChI=1S/C20H27ClN6.HI/c1-5-22-20(26(4)14-17-12-16(21)13-25(17)3)23-10-11-27-15(2)24-18-8-6-7-9-19(18)27;/h6-9,12-13H,5,10-11,14H2,1-4H3,(H,22,23);1H. The van der Waals surface area contributed by atoms with Gasteiger partial charge in [-0.05, 0) is 32.0 Å². The fourth-order valence-corrected chi connectivity index (χ4v) is 3.52. The lowest BCUT2D eigenvalue weighted by Gasteiger charge is -2.22. The SMILES string of the molecule is CCNC(=NCCn1c(C)nc2ccccc21)N(C)Cc1cc(Cl)cn1C.I. The van der Waals surface area contributed by atoms with Crippen LogP contribution < -0.4 is 5.32 Å². The third kappa shape index (κ3) is 5.20. The van der Waals surface area contributed by atoms with E-state index in [4.69, 9.17) is 16.6 Å². The van der Waals surface area contributed by atoms with Crippen LogP contribution >= 0.6 is 35.6 Å². The van der Waals surface area contributed by atoms with E-state index in [1.165, 1.54) is 0 Å². The summed E-state index contributed by atoms with van der Waals surface area (Å²) >= 11 is 6.10. The minimum absolute atomic E-state index is 0. The van der Waals surface area contributed by atoms with E-state index in [2.05, 4.69) is 32.8 Å². The van der Waals surface area contributed by atoms with Gasteiger partial charge < -0.3 is 19.4 Å². The predicted octanol–water partition coefficient (Wildman–Crippen LogP) is 4.05. The number of guanidine groups is 1. The Morgan fingerprint density at radius 2 is 2.07 bits per heavy atom. The van der Waals surface area contributed by atoms with Crippen molar-refractivity contribution in [2.75, 3.05) is 20.1 Å². The van der Waals surface area contributed by atoms with Crippen LogP contribution in [-0.2, 0) is 20.1 Å². The Balaban J connectivity index is 0.00000280. The molecule has 0 aliphatic rings. The second-order valence-corrected chi connectivity index (χ2v) is 7.09. The number of fused-ring (bicyclic) bond motifs is 1. The molecule has 0 bridgehead atoms. The zero-order valence-electron chi connectivity index (χ0n) is 16.8. The Labute approximate surface area is 188 Å². The summed E-state index contributed by atoms with van der Waals surface area (Å²) in [5.74, 6) is 1.90. The lowest BCUT2D eigenvalue weighted by Crippen LogP contribution is -2.39. The molecule has 0 radical (unpaired) electrons. The van der Waals surface area contributed by atoms with Crippen molar-refractivity contribution >= 4 is 52.6 Å². The molecule has 1 aromatic carbocycles. The lowest BCUT2D eigenvalue weighted by atomic mass is 10.3. The van der Waals surface area contributed by atoms with Crippen LogP contribution in [0.15, 0.2) is 41.5 Å². The van der Waals surface area contributed by atoms with Gasteiger partial charge in [0.2, 0.25) is 0 Å². The summed E-state index contributed by atoms with van der Waals surface area (Å²) in [6.45, 7) is 7.16. The predicted molar refractivity (Wildman–Crippen MR) is 128 cm³/mol. The minimum atomic E-state index is 0. The van der Waals surface area contributed by atoms with Crippen molar-refractivity contribution in [3.05, 3.63) is 53.1 Å². The molecule has 0 spiro atoms. The number of nitrogens with one attached hydrogen (secondary N) is 1. The van der Waals surface area contributed by atoms with E-state index in [9.17, 15) is 0 Å². The molecule has 0 aliphatic heterocycles. The van der Waals surface area contributed by atoms with Gasteiger partial charge >= 0.3 is 0 Å². The second-order valence-electron chi connectivity index (χ2n) is 6.65. The molecule has 0 unspecified atom stereocenters. The summed E-state index contributed by atoms with van der Waals surface area (Å²) in [6, 6.07) is 10.2. The van der Waals surface area contributed by atoms with Crippen LogP contribution in [-0.4, -0.2) is 45.1 Å². The number of halogens is 2. The Kier molecular flexibility index (Phi) is 8.18. The number of benzene rings is 1. The van der Waals surface area contributed by atoms with Crippen molar-refractivity contribution in [2.45, 2.75) is 26.9 Å². The number of aliphatic imine (C=N–C) groups is 1. The molecule has 6 nitrogen and oxygen atoms in total. The molecule has 3 aromatic rings. The van der Waals surface area contributed by atoms with Gasteiger partial charge in [-0.25, -0.2) is 4.98 Å². The molecule has 28 heavy (non-hydrogen) atoms. The molecular weight excluding hydrogens is 487 g/mol. The van der Waals surface area contributed by atoms with Gasteiger partial charge in [0.1, 0.15) is 5.82 Å². The van der Waals surface area contributed by atoms with Crippen molar-refractivity contribution in [1.29, 1.82) is 0 Å². The van der Waals surface area contributed by atoms with E-state index in [1.54, 1.807) is 0 Å². The molecule has 2 heterocycles. The van der Waals surface area contributed by atoms with Gasteiger partial charge in [-0.15, -0.1) is 24.0 Å². The zero-order chi connectivity index (χ0) is 19.4. The fourth-order valence-electron chi connectivity index (χ4n) is 3.25. The molecule has 0 saturated carbocycles. The zero-order valence-corrected chi connectivity index (χ0v) is 19.9. The summed E-state index contributed by atoms with van der Waals surface area (Å²) in [4.78, 5) is 11.6. The number of rotatable bonds is 6. The summed E-state index contributed by atoms with van der Waals surface area (Å²) in [5.41, 5.74) is 3.33. The molecule has 1 N–H and O–H groups in total. The van der Waals surface area contributed by atoms with Crippen molar-refractivity contribution < 1.29 is 0 Å². The minimum Gasteiger partial charge on any atom is -0.357 e. The summed E-state index contributed by atoms with van der Waals surface area (Å²) in [5, 5.41) is 4.12. The van der Waals surface area contributed by atoms with Gasteiger partial charge in [0, 0.05) is 39.1 Å². The van der Waals surface area contributed by atoms with Crippen LogP contribution in [0.1, 0.15) is 18.4 Å². The van der Waals surface area contributed by atoms with E-state index in [1.807, 2.05) is 56.0 Å². The first-order valence-electron chi connectivity index (χ1n) is 9.21. The molecule has 2 aromatic heterocycles. The Bertz CT molecular complexity index is 945. The highest BCUT2D eigenvalue weighted by atomic mass is 127. The van der Waals surface area contributed by atoms with Crippen LogP contribution in [0.25, 0.3) is 11.0 Å². The highest BCUT2D eigenvalue weighted by Gasteiger charge is 2.10. The number of aromatic nitrogens is 3. The normalized spacial score (nSPS) is 11.5. The Morgan fingerprint density at radius 1 is 1.32 bits per heavy atom. The molecule has 0 fully saturated rings. The van der Waals surface area contributed by atoms with E-state index in [0.717, 1.165) is 53.2 Å². The molecule has 0 saturated heterocycles. The van der Waals surface area contributed by atoms with E-state index in [-0.39, 0.29) is 24.0 Å². The highest BCUT2D eigenvalue weighted by Crippen LogP contribution is 2.16. The first kappa shape index (κ1) is 22.5. The number of hydrogen-bond donors (Lipinski definition) is 1. The number of para-hydroxylation sites is 2. The van der Waals surface area contributed by atoms with Crippen molar-refractivity contribution in [1.82, 2.24) is 24.3 Å². The van der Waals surface area contributed by atoms with Crippen LogP contribution in [0.2, 0.25) is 5.02 Å². The van der Waals surface area contributed by atoms with Gasteiger partial charge in [-0.1, -0.05) is 23.7 Å². The van der Waals surface area contributed by atoms with Crippen molar-refractivity contribution in [2.24, 2.45) is 12.0 Å². The van der Waals surface area contributed by atoms with E-state index < -0.39 is 0 Å². The second kappa shape index (κ2) is 10.2. The van der Waals surface area contributed by atoms with Crippen LogP contribution in [0.5, 0.6) is 0 Å². The Morgan fingerprint density at radius 3 is 2.75 bits per heavy atom. The third-order valence-corrected chi connectivity index (χ3v) is 4.81. The van der Waals surface area contributed by atoms with Crippen LogP contribution in [0, 0.1) is 6.92 Å². The maximum Gasteiger partial charge on any atom is 0.194 e. The average Bonchev–Trinajstić information content (AvgIpc) is 3.12.